The predicted octanol–water partition coefficient (Wildman–Crippen LogP) is 4.32. The molecule has 0 radical (unpaired) electrons. The number of rotatable bonds is 5. The maximum Gasteiger partial charge on any atom is 0.170 e. The molecule has 1 saturated heterocycles. The van der Waals surface area contributed by atoms with Crippen molar-refractivity contribution in [3.63, 3.8) is 0 Å². The van der Waals surface area contributed by atoms with E-state index in [4.69, 9.17) is 0 Å². The van der Waals surface area contributed by atoms with Crippen molar-refractivity contribution in [3.8, 4) is 11.1 Å². The van der Waals surface area contributed by atoms with E-state index in [-0.39, 0.29) is 18.0 Å². The van der Waals surface area contributed by atoms with E-state index >= 15 is 0 Å². The van der Waals surface area contributed by atoms with Gasteiger partial charge in [0.05, 0.1) is 24.2 Å². The number of benzene rings is 2. The van der Waals surface area contributed by atoms with Gasteiger partial charge in [-0.2, -0.15) is 5.10 Å². The van der Waals surface area contributed by atoms with Crippen LogP contribution in [0.2, 0.25) is 0 Å². The van der Waals surface area contributed by atoms with Crippen molar-refractivity contribution in [2.75, 3.05) is 20.1 Å². The summed E-state index contributed by atoms with van der Waals surface area (Å²) in [6, 6.07) is 12.0. The summed E-state index contributed by atoms with van der Waals surface area (Å²) in [6.45, 7) is 2.18. The molecule has 3 heterocycles. The van der Waals surface area contributed by atoms with Crippen molar-refractivity contribution in [2.24, 2.45) is 0 Å². The molecule has 4 aromatic rings. The Morgan fingerprint density at radius 3 is 2.62 bits per heavy atom. The number of fused-ring (bicyclic) bond motifs is 1. The first-order valence-electron chi connectivity index (χ1n) is 10.8. The van der Waals surface area contributed by atoms with Crippen LogP contribution >= 0.6 is 0 Å². The third-order valence-corrected chi connectivity index (χ3v) is 6.11. The number of hydrogen-bond donors (Lipinski definition) is 0. The molecule has 5 rings (SSSR count). The summed E-state index contributed by atoms with van der Waals surface area (Å²) in [7, 11) is 2.16. The predicted molar refractivity (Wildman–Crippen MR) is 121 cm³/mol. The Kier molecular flexibility index (Phi) is 5.49. The van der Waals surface area contributed by atoms with Gasteiger partial charge in [-0.3, -0.25) is 9.48 Å². The van der Waals surface area contributed by atoms with Gasteiger partial charge in [-0.25, -0.2) is 14.4 Å². The number of nitrogens with zero attached hydrogens (tertiary/aromatic N) is 5. The first-order chi connectivity index (χ1) is 15.5. The summed E-state index contributed by atoms with van der Waals surface area (Å²) in [6.07, 6.45) is 8.03. The van der Waals surface area contributed by atoms with Crippen molar-refractivity contribution >= 4 is 16.7 Å². The standard InChI is InChI=1S/C25H24FN5O/c1-30-10-8-22(9-11-30)31-16-20(15-28-31)18-2-3-19-14-27-25(29-23(19)12-18)13-24(32)17-4-6-21(26)7-5-17/h2-7,12,14-16,22H,8-11,13H2,1H3. The summed E-state index contributed by atoms with van der Waals surface area (Å²) in [5.41, 5.74) is 3.32. The van der Waals surface area contributed by atoms with Crippen LogP contribution in [0, 0.1) is 5.82 Å². The van der Waals surface area contributed by atoms with Gasteiger partial charge in [0.25, 0.3) is 0 Å². The minimum absolute atomic E-state index is 0.0693. The molecule has 0 N–H and O–H groups in total. The van der Waals surface area contributed by atoms with Crippen LogP contribution in [0.1, 0.15) is 35.1 Å². The Bertz CT molecular complexity index is 1260. The van der Waals surface area contributed by atoms with Crippen molar-refractivity contribution in [3.05, 3.63) is 78.3 Å². The van der Waals surface area contributed by atoms with Crippen molar-refractivity contribution in [1.82, 2.24) is 24.6 Å². The molecule has 2 aromatic heterocycles. The van der Waals surface area contributed by atoms with Crippen LogP contribution in [0.25, 0.3) is 22.0 Å². The van der Waals surface area contributed by atoms with Gasteiger partial charge in [0, 0.05) is 28.9 Å². The Morgan fingerprint density at radius 2 is 1.84 bits per heavy atom. The van der Waals surface area contributed by atoms with Gasteiger partial charge in [0.2, 0.25) is 0 Å². The SMILES string of the molecule is CN1CCC(n2cc(-c3ccc4cnc(CC(=O)c5ccc(F)cc5)nc4c3)cn2)CC1. The maximum atomic E-state index is 13.1. The highest BCUT2D eigenvalue weighted by molar-refractivity contribution is 5.97. The number of halogens is 1. The van der Waals surface area contributed by atoms with Crippen LogP contribution in [-0.2, 0) is 6.42 Å². The normalized spacial score (nSPS) is 15.3. The zero-order valence-corrected chi connectivity index (χ0v) is 17.9. The van der Waals surface area contributed by atoms with E-state index in [1.807, 2.05) is 24.4 Å². The van der Waals surface area contributed by atoms with Crippen LogP contribution in [0.5, 0.6) is 0 Å². The summed E-state index contributed by atoms with van der Waals surface area (Å²) in [5.74, 6) is -0.0546. The molecule has 0 unspecified atom stereocenters. The Balaban J connectivity index is 1.36. The molecule has 0 bridgehead atoms. The Labute approximate surface area is 185 Å². The molecule has 0 saturated carbocycles. The fourth-order valence-corrected chi connectivity index (χ4v) is 4.15. The summed E-state index contributed by atoms with van der Waals surface area (Å²) < 4.78 is 15.2. The molecule has 1 aliphatic heterocycles. The second-order valence-corrected chi connectivity index (χ2v) is 8.41. The summed E-state index contributed by atoms with van der Waals surface area (Å²) >= 11 is 0. The number of carbonyl (C=O) groups excluding carboxylic acids is 1. The molecule has 0 atom stereocenters. The third kappa shape index (κ3) is 4.29. The smallest absolute Gasteiger partial charge is 0.170 e. The van der Waals surface area contributed by atoms with Crippen LogP contribution < -0.4 is 0 Å². The van der Waals surface area contributed by atoms with Gasteiger partial charge in [-0.1, -0.05) is 12.1 Å². The molecule has 6 nitrogen and oxygen atoms in total. The van der Waals surface area contributed by atoms with Crippen molar-refractivity contribution < 1.29 is 9.18 Å². The maximum absolute atomic E-state index is 13.1. The van der Waals surface area contributed by atoms with E-state index in [0.717, 1.165) is 48.0 Å². The molecule has 7 heteroatoms. The number of likely N-dealkylation sites (tertiary alicyclic amines) is 1. The van der Waals surface area contributed by atoms with E-state index in [9.17, 15) is 9.18 Å². The minimum atomic E-state index is -0.366. The quantitative estimate of drug-likeness (QED) is 0.442. The fraction of sp³-hybridized carbons (Fsp3) is 0.280. The molecule has 0 amide bonds. The zero-order chi connectivity index (χ0) is 22.1. The number of ketones is 1. The lowest BCUT2D eigenvalue weighted by Crippen LogP contribution is -2.31. The molecule has 1 fully saturated rings. The van der Waals surface area contributed by atoms with Gasteiger partial charge in [0.1, 0.15) is 11.6 Å². The molecular weight excluding hydrogens is 405 g/mol. The van der Waals surface area contributed by atoms with Gasteiger partial charge in [0.15, 0.2) is 5.78 Å². The lowest BCUT2D eigenvalue weighted by Gasteiger charge is -2.28. The van der Waals surface area contributed by atoms with Crippen LogP contribution in [0.15, 0.2) is 61.1 Å². The number of piperidine rings is 1. The molecule has 0 spiro atoms. The average Bonchev–Trinajstić information content (AvgIpc) is 3.30. The van der Waals surface area contributed by atoms with E-state index in [1.165, 1.54) is 24.3 Å². The lowest BCUT2D eigenvalue weighted by molar-refractivity contribution is 0.0991. The lowest BCUT2D eigenvalue weighted by atomic mass is 10.1. The minimum Gasteiger partial charge on any atom is -0.306 e. The number of carbonyl (C=O) groups is 1. The molecular formula is C25H24FN5O. The second kappa shape index (κ2) is 8.59. The van der Waals surface area contributed by atoms with E-state index < -0.39 is 0 Å². The Morgan fingerprint density at radius 1 is 1.06 bits per heavy atom. The fourth-order valence-electron chi connectivity index (χ4n) is 4.15. The van der Waals surface area contributed by atoms with Crippen molar-refractivity contribution in [2.45, 2.75) is 25.3 Å². The Hall–Kier alpha value is -3.45. The van der Waals surface area contributed by atoms with Gasteiger partial charge in [-0.05, 0) is 68.9 Å². The number of Topliss-reactive ketones (excluding diaryl/α,β-unsaturated/α-hetero) is 1. The third-order valence-electron chi connectivity index (χ3n) is 6.11. The highest BCUT2D eigenvalue weighted by Crippen LogP contribution is 2.27. The zero-order valence-electron chi connectivity index (χ0n) is 17.9. The van der Waals surface area contributed by atoms with E-state index in [2.05, 4.69) is 37.9 Å². The highest BCUT2D eigenvalue weighted by atomic mass is 19.1. The molecule has 32 heavy (non-hydrogen) atoms. The second-order valence-electron chi connectivity index (χ2n) is 8.41. The number of aromatic nitrogens is 4. The monoisotopic (exact) mass is 429 g/mol. The number of hydrogen-bond acceptors (Lipinski definition) is 5. The van der Waals surface area contributed by atoms with Gasteiger partial charge in [-0.15, -0.1) is 0 Å². The van der Waals surface area contributed by atoms with E-state index in [0.29, 0.717) is 17.4 Å². The van der Waals surface area contributed by atoms with Crippen LogP contribution in [0.3, 0.4) is 0 Å². The van der Waals surface area contributed by atoms with Gasteiger partial charge >= 0.3 is 0 Å². The molecule has 2 aromatic carbocycles. The van der Waals surface area contributed by atoms with Crippen LogP contribution in [0.4, 0.5) is 4.39 Å². The van der Waals surface area contributed by atoms with Gasteiger partial charge < -0.3 is 4.90 Å². The first-order valence-corrected chi connectivity index (χ1v) is 10.8. The van der Waals surface area contributed by atoms with E-state index in [1.54, 1.807) is 6.20 Å². The van der Waals surface area contributed by atoms with Crippen LogP contribution in [-0.4, -0.2) is 50.6 Å². The summed E-state index contributed by atoms with van der Waals surface area (Å²) in [5, 5.41) is 5.52. The molecule has 0 aliphatic carbocycles. The topological polar surface area (TPSA) is 63.9 Å². The van der Waals surface area contributed by atoms with Crippen molar-refractivity contribution in [1.29, 1.82) is 0 Å². The average molecular weight is 429 g/mol. The first kappa shape index (κ1) is 20.5. The largest absolute Gasteiger partial charge is 0.306 e. The highest BCUT2D eigenvalue weighted by Gasteiger charge is 2.19. The molecule has 1 aliphatic rings. The molecule has 162 valence electrons. The summed E-state index contributed by atoms with van der Waals surface area (Å²) in [4.78, 5) is 23.8.